The maximum atomic E-state index is 11.2. The summed E-state index contributed by atoms with van der Waals surface area (Å²) < 4.78 is 1.59. The van der Waals surface area contributed by atoms with Crippen LogP contribution in [0, 0.1) is 0 Å². The van der Waals surface area contributed by atoms with Gasteiger partial charge in [0.1, 0.15) is 5.69 Å². The Bertz CT molecular complexity index is 1180. The van der Waals surface area contributed by atoms with Crippen molar-refractivity contribution in [3.05, 3.63) is 63.8 Å². The largest absolute Gasteiger partial charge is 0.543 e. The topological polar surface area (TPSA) is 176 Å². The number of hydrogen-bond acceptors (Lipinski definition) is 8. The van der Waals surface area contributed by atoms with Gasteiger partial charge in [0, 0.05) is 15.4 Å². The molecule has 0 spiro atoms. The van der Waals surface area contributed by atoms with Crippen LogP contribution >= 0.6 is 23.2 Å². The van der Waals surface area contributed by atoms with Gasteiger partial charge in [-0.25, -0.2) is 4.98 Å². The summed E-state index contributed by atoms with van der Waals surface area (Å²) in [5.74, 6) is -0.893. The molecule has 2 aromatic heterocycles. The van der Waals surface area contributed by atoms with Crippen LogP contribution in [0.1, 0.15) is 16.1 Å². The number of nitrogen functional groups attached to an aromatic ring is 3. The lowest BCUT2D eigenvalue weighted by molar-refractivity contribution is -0.350. The number of carboxylic acids is 1. The van der Waals surface area contributed by atoms with Crippen molar-refractivity contribution in [2.45, 2.75) is 6.54 Å². The van der Waals surface area contributed by atoms with E-state index in [0.717, 1.165) is 5.56 Å². The second-order valence-corrected chi connectivity index (χ2v) is 6.87. The van der Waals surface area contributed by atoms with Crippen molar-refractivity contribution in [1.82, 2.24) is 19.7 Å². The van der Waals surface area contributed by atoms with Crippen LogP contribution in [0.5, 0.6) is 0 Å². The SMILES string of the molecule is Nc1nc(N)[nH+]c(N)n1.O=C([O-])c1nn(Cc2ccc(Cl)cc2Cl)c2ccccc12. The minimum atomic E-state index is -1.30. The lowest BCUT2D eigenvalue weighted by atomic mass is 10.2. The predicted octanol–water partition coefficient (Wildman–Crippen LogP) is 0.792. The number of halogens is 2. The highest BCUT2D eigenvalue weighted by atomic mass is 35.5. The molecule has 0 bridgehead atoms. The zero-order valence-corrected chi connectivity index (χ0v) is 16.9. The molecule has 7 N–H and O–H groups in total. The van der Waals surface area contributed by atoms with Crippen molar-refractivity contribution in [2.75, 3.05) is 17.2 Å². The molecule has 2 heterocycles. The number of aromatic carboxylic acids is 1. The van der Waals surface area contributed by atoms with Gasteiger partial charge >= 0.3 is 17.8 Å². The van der Waals surface area contributed by atoms with E-state index in [1.807, 2.05) is 6.07 Å². The van der Waals surface area contributed by atoms with Crippen LogP contribution in [-0.2, 0) is 6.54 Å². The van der Waals surface area contributed by atoms with E-state index < -0.39 is 5.97 Å². The van der Waals surface area contributed by atoms with Crippen LogP contribution in [0.3, 0.4) is 0 Å². The average Bonchev–Trinajstić information content (AvgIpc) is 3.02. The Labute approximate surface area is 180 Å². The minimum absolute atomic E-state index is 0.0729. The van der Waals surface area contributed by atoms with Gasteiger partial charge in [-0.2, -0.15) is 5.10 Å². The number of para-hydroxylation sites is 1. The smallest absolute Gasteiger partial charge is 0.320 e. The molecule has 0 saturated carbocycles. The Morgan fingerprint density at radius 1 is 1.07 bits per heavy atom. The number of nitrogens with zero attached hydrogens (tertiary/aromatic N) is 4. The normalized spacial score (nSPS) is 10.5. The van der Waals surface area contributed by atoms with E-state index in [1.165, 1.54) is 0 Å². The third-order valence-corrected chi connectivity index (χ3v) is 4.50. The van der Waals surface area contributed by atoms with Gasteiger partial charge in [0.05, 0.1) is 18.0 Å². The first-order chi connectivity index (χ1) is 14.2. The lowest BCUT2D eigenvalue weighted by Gasteiger charge is -2.06. The first-order valence-corrected chi connectivity index (χ1v) is 9.18. The number of anilines is 3. The lowest BCUT2D eigenvalue weighted by Crippen LogP contribution is -2.23. The van der Waals surface area contributed by atoms with Crippen LogP contribution in [0.15, 0.2) is 42.5 Å². The summed E-state index contributed by atoms with van der Waals surface area (Å²) in [5, 5.41) is 16.9. The molecule has 0 fully saturated rings. The number of H-pyrrole nitrogens is 1. The van der Waals surface area contributed by atoms with E-state index >= 15 is 0 Å². The number of carboxylic acid groups (broad SMARTS) is 1. The fourth-order valence-electron chi connectivity index (χ4n) is 2.67. The molecule has 0 amide bonds. The molecule has 30 heavy (non-hydrogen) atoms. The van der Waals surface area contributed by atoms with Gasteiger partial charge in [-0.1, -0.05) is 57.4 Å². The number of hydrogen-bond donors (Lipinski definition) is 3. The van der Waals surface area contributed by atoms with E-state index in [-0.39, 0.29) is 23.5 Å². The maximum absolute atomic E-state index is 11.2. The molecule has 0 saturated heterocycles. The Kier molecular flexibility index (Phi) is 6.19. The number of rotatable bonds is 3. The summed E-state index contributed by atoms with van der Waals surface area (Å²) in [7, 11) is 0. The fraction of sp³-hybridized carbons (Fsp3) is 0.0556. The van der Waals surface area contributed by atoms with Gasteiger partial charge in [0.25, 0.3) is 0 Å². The van der Waals surface area contributed by atoms with Gasteiger partial charge in [0.15, 0.2) is 0 Å². The van der Waals surface area contributed by atoms with Crippen LogP contribution in [0.25, 0.3) is 10.9 Å². The van der Waals surface area contributed by atoms with Crippen molar-refractivity contribution in [3.8, 4) is 0 Å². The number of fused-ring (bicyclic) bond motifs is 1. The van der Waals surface area contributed by atoms with Gasteiger partial charge in [-0.3, -0.25) is 4.68 Å². The van der Waals surface area contributed by atoms with E-state index in [1.54, 1.807) is 41.1 Å². The summed E-state index contributed by atoms with van der Waals surface area (Å²) in [4.78, 5) is 20.7. The van der Waals surface area contributed by atoms with E-state index in [9.17, 15) is 9.90 Å². The molecule has 0 aliphatic carbocycles. The summed E-state index contributed by atoms with van der Waals surface area (Å²) in [6.07, 6.45) is 0. The zero-order valence-electron chi connectivity index (χ0n) is 15.3. The number of nitrogens with two attached hydrogens (primary N) is 3. The van der Waals surface area contributed by atoms with Gasteiger partial charge in [0.2, 0.25) is 0 Å². The number of aromatic nitrogens is 5. The standard InChI is InChI=1S/C15H10Cl2N2O2.C3H6N6/c16-10-6-5-9(12(17)7-10)8-19-13-4-2-1-3-11(13)14(18-19)15(20)21;4-1-7-2(5)9-3(6)8-1/h1-7H,8H2,(H,20,21);(H6,4,5,6,7,8,9). The Morgan fingerprint density at radius 3 is 2.33 bits per heavy atom. The molecular weight excluding hydrogens is 431 g/mol. The summed E-state index contributed by atoms with van der Waals surface area (Å²) in [6.45, 7) is 0.351. The van der Waals surface area contributed by atoms with E-state index in [4.69, 9.17) is 40.4 Å². The molecule has 4 aromatic rings. The number of benzene rings is 2. The van der Waals surface area contributed by atoms with E-state index in [0.29, 0.717) is 27.5 Å². The van der Waals surface area contributed by atoms with Crippen LogP contribution < -0.4 is 27.3 Å². The molecule has 4 rings (SSSR count). The number of carbonyl (C=O) groups is 1. The van der Waals surface area contributed by atoms with Crippen LogP contribution in [0.2, 0.25) is 10.0 Å². The Balaban J connectivity index is 0.000000239. The van der Waals surface area contributed by atoms with Crippen molar-refractivity contribution in [2.24, 2.45) is 0 Å². The monoisotopic (exact) mass is 446 g/mol. The van der Waals surface area contributed by atoms with Gasteiger partial charge < -0.3 is 27.1 Å². The highest BCUT2D eigenvalue weighted by Gasteiger charge is 2.12. The number of nitrogens with one attached hydrogen (secondary N) is 1. The second-order valence-electron chi connectivity index (χ2n) is 6.02. The summed E-state index contributed by atoms with van der Waals surface area (Å²) in [5.41, 5.74) is 17.0. The molecule has 0 unspecified atom stereocenters. The van der Waals surface area contributed by atoms with Crippen molar-refractivity contribution in [3.63, 3.8) is 0 Å². The van der Waals surface area contributed by atoms with Gasteiger partial charge in [-0.05, 0) is 23.8 Å². The zero-order chi connectivity index (χ0) is 21.8. The molecule has 0 radical (unpaired) electrons. The van der Waals surface area contributed by atoms with Gasteiger partial charge in [-0.15, -0.1) is 0 Å². The van der Waals surface area contributed by atoms with Crippen LogP contribution in [0.4, 0.5) is 17.8 Å². The summed E-state index contributed by atoms with van der Waals surface area (Å²) in [6, 6.07) is 12.3. The first kappa shape index (κ1) is 21.1. The molecule has 0 aliphatic rings. The molecule has 10 nitrogen and oxygen atoms in total. The molecule has 154 valence electrons. The fourth-order valence-corrected chi connectivity index (χ4v) is 3.14. The summed E-state index contributed by atoms with van der Waals surface area (Å²) >= 11 is 12.0. The van der Waals surface area contributed by atoms with Crippen molar-refractivity contribution >= 4 is 57.9 Å². The average molecular weight is 447 g/mol. The molecule has 0 atom stereocenters. The van der Waals surface area contributed by atoms with Crippen LogP contribution in [-0.4, -0.2) is 25.7 Å². The number of carbonyl (C=O) groups excluding carboxylic acids is 1. The third kappa shape index (κ3) is 4.85. The molecule has 0 aliphatic heterocycles. The number of aromatic amines is 1. The van der Waals surface area contributed by atoms with E-state index in [2.05, 4.69) is 20.1 Å². The Morgan fingerprint density at radius 2 is 1.73 bits per heavy atom. The molecular formula is C18H16Cl2N8O2. The van der Waals surface area contributed by atoms with Crippen molar-refractivity contribution < 1.29 is 14.9 Å². The quantitative estimate of drug-likeness (QED) is 0.413. The first-order valence-electron chi connectivity index (χ1n) is 8.43. The molecule has 2 aromatic carbocycles. The van der Waals surface area contributed by atoms with Crippen molar-refractivity contribution in [1.29, 1.82) is 0 Å². The maximum Gasteiger partial charge on any atom is 0.320 e. The minimum Gasteiger partial charge on any atom is -0.543 e. The predicted molar refractivity (Wildman–Crippen MR) is 111 cm³/mol. The highest BCUT2D eigenvalue weighted by molar-refractivity contribution is 6.35. The Hall–Kier alpha value is -3.63. The second kappa shape index (κ2) is 8.80. The highest BCUT2D eigenvalue weighted by Crippen LogP contribution is 2.24. The molecule has 12 heteroatoms. The third-order valence-electron chi connectivity index (χ3n) is 3.91.